The van der Waals surface area contributed by atoms with Gasteiger partial charge in [-0.1, -0.05) is 12.1 Å². The van der Waals surface area contributed by atoms with Crippen molar-refractivity contribution < 1.29 is 14.7 Å². The van der Waals surface area contributed by atoms with Crippen molar-refractivity contribution in [1.29, 1.82) is 0 Å². The minimum atomic E-state index is -0.981. The van der Waals surface area contributed by atoms with E-state index >= 15 is 0 Å². The van der Waals surface area contributed by atoms with Gasteiger partial charge in [0, 0.05) is 5.69 Å². The maximum atomic E-state index is 12.5. The Kier molecular flexibility index (Phi) is 4.77. The quantitative estimate of drug-likeness (QED) is 0.666. The van der Waals surface area contributed by atoms with E-state index in [2.05, 4.69) is 5.32 Å². The number of nitrogens with two attached hydrogens (primary N) is 1. The molecular formula is C15H20N2O3S. The number of nitrogen functional groups attached to an aromatic ring is 1. The third kappa shape index (κ3) is 3.50. The minimum Gasteiger partial charge on any atom is -0.480 e. The standard InChI is InChI=1S/C15H20N2O3S/c1-21-9-6-12(13(18)19)17-14(20)15(7-8-15)10-2-4-11(16)5-3-10/h2-5,12H,6-9,16H2,1H3,(H,17,20)(H,18,19)/t12-/m1/s1. The van der Waals surface area contributed by atoms with Gasteiger partial charge in [0.05, 0.1) is 5.41 Å². The normalized spacial score (nSPS) is 17.0. The van der Waals surface area contributed by atoms with E-state index in [0.29, 0.717) is 17.9 Å². The highest BCUT2D eigenvalue weighted by atomic mass is 32.2. The predicted octanol–water partition coefficient (Wildman–Crippen LogP) is 1.62. The lowest BCUT2D eigenvalue weighted by molar-refractivity contribution is -0.142. The molecule has 1 amide bonds. The van der Waals surface area contributed by atoms with E-state index in [1.54, 1.807) is 23.9 Å². The van der Waals surface area contributed by atoms with Crippen molar-refractivity contribution in [3.63, 3.8) is 0 Å². The SMILES string of the molecule is CSCC[C@@H](NC(=O)C1(c2ccc(N)cc2)CC1)C(=O)O. The molecule has 0 aromatic heterocycles. The monoisotopic (exact) mass is 308 g/mol. The molecule has 0 spiro atoms. The molecule has 0 heterocycles. The zero-order valence-corrected chi connectivity index (χ0v) is 12.8. The smallest absolute Gasteiger partial charge is 0.326 e. The molecular weight excluding hydrogens is 288 g/mol. The molecule has 4 N–H and O–H groups in total. The molecule has 1 aliphatic carbocycles. The predicted molar refractivity (Wildman–Crippen MR) is 84.3 cm³/mol. The molecule has 1 saturated carbocycles. The van der Waals surface area contributed by atoms with Crippen LogP contribution in [0.3, 0.4) is 0 Å². The van der Waals surface area contributed by atoms with Gasteiger partial charge in [0.25, 0.3) is 0 Å². The summed E-state index contributed by atoms with van der Waals surface area (Å²) in [6.07, 6.45) is 3.84. The summed E-state index contributed by atoms with van der Waals surface area (Å²) < 4.78 is 0. The Morgan fingerprint density at radius 1 is 1.38 bits per heavy atom. The fourth-order valence-electron chi connectivity index (χ4n) is 2.36. The molecule has 1 aromatic carbocycles. The molecule has 0 radical (unpaired) electrons. The van der Waals surface area contributed by atoms with Gasteiger partial charge in [-0.2, -0.15) is 11.8 Å². The van der Waals surface area contributed by atoms with Crippen LogP contribution < -0.4 is 11.1 Å². The number of nitrogens with one attached hydrogen (secondary N) is 1. The number of thioether (sulfide) groups is 1. The highest BCUT2D eigenvalue weighted by Gasteiger charge is 2.51. The molecule has 1 aromatic rings. The highest BCUT2D eigenvalue weighted by Crippen LogP contribution is 2.48. The van der Waals surface area contributed by atoms with Gasteiger partial charge in [0.15, 0.2) is 0 Å². The van der Waals surface area contributed by atoms with Crippen molar-refractivity contribution in [2.45, 2.75) is 30.7 Å². The third-order valence-electron chi connectivity index (χ3n) is 3.86. The molecule has 1 atom stereocenters. The summed E-state index contributed by atoms with van der Waals surface area (Å²) in [7, 11) is 0. The summed E-state index contributed by atoms with van der Waals surface area (Å²) >= 11 is 1.57. The van der Waals surface area contributed by atoms with E-state index in [-0.39, 0.29) is 5.91 Å². The Morgan fingerprint density at radius 3 is 2.48 bits per heavy atom. The molecule has 6 heteroatoms. The molecule has 1 fully saturated rings. The van der Waals surface area contributed by atoms with Crippen LogP contribution in [-0.4, -0.2) is 35.0 Å². The van der Waals surface area contributed by atoms with Crippen molar-refractivity contribution in [3.05, 3.63) is 29.8 Å². The molecule has 21 heavy (non-hydrogen) atoms. The van der Waals surface area contributed by atoms with Crippen molar-refractivity contribution in [2.75, 3.05) is 17.7 Å². The van der Waals surface area contributed by atoms with Crippen LogP contribution in [0.1, 0.15) is 24.8 Å². The second-order valence-electron chi connectivity index (χ2n) is 5.35. The van der Waals surface area contributed by atoms with Crippen LogP contribution in [-0.2, 0) is 15.0 Å². The van der Waals surface area contributed by atoms with Crippen LogP contribution in [0.15, 0.2) is 24.3 Å². The lowest BCUT2D eigenvalue weighted by atomic mass is 9.94. The first-order chi connectivity index (χ1) is 9.99. The van der Waals surface area contributed by atoms with Gasteiger partial charge in [-0.05, 0) is 49.0 Å². The number of carbonyl (C=O) groups excluding carboxylic acids is 1. The zero-order chi connectivity index (χ0) is 15.5. The third-order valence-corrected chi connectivity index (χ3v) is 4.51. The summed E-state index contributed by atoms with van der Waals surface area (Å²) in [5.41, 5.74) is 6.65. The fraction of sp³-hybridized carbons (Fsp3) is 0.467. The van der Waals surface area contributed by atoms with E-state index in [9.17, 15) is 14.7 Å². The molecule has 1 aliphatic rings. The topological polar surface area (TPSA) is 92.4 Å². The Labute approximate surface area is 128 Å². The minimum absolute atomic E-state index is 0.194. The second kappa shape index (κ2) is 6.39. The van der Waals surface area contributed by atoms with E-state index in [4.69, 9.17) is 5.73 Å². The van der Waals surface area contributed by atoms with Crippen molar-refractivity contribution >= 4 is 29.3 Å². The highest BCUT2D eigenvalue weighted by molar-refractivity contribution is 7.98. The van der Waals surface area contributed by atoms with Gasteiger partial charge in [-0.15, -0.1) is 0 Å². The molecule has 0 aliphatic heterocycles. The second-order valence-corrected chi connectivity index (χ2v) is 6.34. The molecule has 114 valence electrons. The molecule has 0 saturated heterocycles. The van der Waals surface area contributed by atoms with Crippen LogP contribution in [0.25, 0.3) is 0 Å². The van der Waals surface area contributed by atoms with Crippen LogP contribution in [0.4, 0.5) is 5.69 Å². The lowest BCUT2D eigenvalue weighted by Crippen LogP contribution is -2.45. The first kappa shape index (κ1) is 15.7. The van der Waals surface area contributed by atoms with Gasteiger partial charge in [-0.25, -0.2) is 4.79 Å². The molecule has 0 unspecified atom stereocenters. The Bertz CT molecular complexity index is 526. The van der Waals surface area contributed by atoms with Crippen LogP contribution in [0.2, 0.25) is 0 Å². The van der Waals surface area contributed by atoms with Crippen molar-refractivity contribution in [1.82, 2.24) is 5.32 Å². The lowest BCUT2D eigenvalue weighted by Gasteiger charge is -2.20. The van der Waals surface area contributed by atoms with Gasteiger partial charge in [0.1, 0.15) is 6.04 Å². The average molecular weight is 308 g/mol. The first-order valence-electron chi connectivity index (χ1n) is 6.88. The van der Waals surface area contributed by atoms with Gasteiger partial charge >= 0.3 is 5.97 Å². The Morgan fingerprint density at radius 2 is 2.00 bits per heavy atom. The number of carbonyl (C=O) groups is 2. The van der Waals surface area contributed by atoms with E-state index in [1.807, 2.05) is 18.4 Å². The van der Waals surface area contributed by atoms with E-state index < -0.39 is 17.4 Å². The number of carboxylic acid groups (broad SMARTS) is 1. The number of hydrogen-bond donors (Lipinski definition) is 3. The van der Waals surface area contributed by atoms with Gasteiger partial charge in [0.2, 0.25) is 5.91 Å². The van der Waals surface area contributed by atoms with Crippen molar-refractivity contribution in [2.24, 2.45) is 0 Å². The number of aliphatic carboxylic acids is 1. The molecule has 5 nitrogen and oxygen atoms in total. The number of hydrogen-bond acceptors (Lipinski definition) is 4. The van der Waals surface area contributed by atoms with E-state index in [1.165, 1.54) is 0 Å². The summed E-state index contributed by atoms with van der Waals surface area (Å²) in [6.45, 7) is 0. The largest absolute Gasteiger partial charge is 0.480 e. The Balaban J connectivity index is 2.08. The summed E-state index contributed by atoms with van der Waals surface area (Å²) in [5, 5.41) is 11.9. The number of benzene rings is 1. The van der Waals surface area contributed by atoms with E-state index in [0.717, 1.165) is 18.4 Å². The zero-order valence-electron chi connectivity index (χ0n) is 12.0. The maximum absolute atomic E-state index is 12.5. The Hall–Kier alpha value is -1.69. The summed E-state index contributed by atoms with van der Waals surface area (Å²) in [6, 6.07) is 6.41. The van der Waals surface area contributed by atoms with Gasteiger partial charge < -0.3 is 16.2 Å². The van der Waals surface area contributed by atoms with Crippen LogP contribution in [0, 0.1) is 0 Å². The first-order valence-corrected chi connectivity index (χ1v) is 8.28. The fourth-order valence-corrected chi connectivity index (χ4v) is 2.83. The summed E-state index contributed by atoms with van der Waals surface area (Å²) in [4.78, 5) is 23.7. The maximum Gasteiger partial charge on any atom is 0.326 e. The summed E-state index contributed by atoms with van der Waals surface area (Å²) in [5.74, 6) is -0.474. The number of rotatable bonds is 7. The van der Waals surface area contributed by atoms with Crippen LogP contribution >= 0.6 is 11.8 Å². The van der Waals surface area contributed by atoms with Gasteiger partial charge in [-0.3, -0.25) is 4.79 Å². The molecule has 2 rings (SSSR count). The number of carboxylic acids is 1. The molecule has 0 bridgehead atoms. The van der Waals surface area contributed by atoms with Crippen LogP contribution in [0.5, 0.6) is 0 Å². The number of anilines is 1. The number of amides is 1. The average Bonchev–Trinajstić information content (AvgIpc) is 3.25. The van der Waals surface area contributed by atoms with Crippen molar-refractivity contribution in [3.8, 4) is 0 Å².